The number of fused-ring (bicyclic) bond motifs is 1. The van der Waals surface area contributed by atoms with Crippen molar-refractivity contribution in [3.05, 3.63) is 72.6 Å². The lowest BCUT2D eigenvalue weighted by molar-refractivity contribution is -0.0696. The van der Waals surface area contributed by atoms with Crippen molar-refractivity contribution in [2.24, 2.45) is 0 Å². The Morgan fingerprint density at radius 1 is 0.960 bits per heavy atom. The minimum Gasteiger partial charge on any atom is -0.488 e. The summed E-state index contributed by atoms with van der Waals surface area (Å²) in [6.07, 6.45) is 0.0280. The van der Waals surface area contributed by atoms with Gasteiger partial charge in [-0.25, -0.2) is 4.98 Å². The first kappa shape index (κ1) is 15.5. The maximum atomic E-state index is 13.3. The Morgan fingerprint density at radius 2 is 1.72 bits per heavy atom. The molecule has 126 valence electrons. The normalized spacial score (nSPS) is 13.8. The summed E-state index contributed by atoms with van der Waals surface area (Å²) in [5.41, 5.74) is 0.767. The second-order valence-electron chi connectivity index (χ2n) is 5.57. The predicted molar refractivity (Wildman–Crippen MR) is 88.5 cm³/mol. The molecule has 3 nitrogen and oxygen atoms in total. The van der Waals surface area contributed by atoms with E-state index in [4.69, 9.17) is 4.74 Å². The van der Waals surface area contributed by atoms with Gasteiger partial charge < -0.3 is 4.74 Å². The zero-order chi connectivity index (χ0) is 17.4. The number of rotatable bonds is 2. The number of hydrogen-bond acceptors (Lipinski definition) is 2. The topological polar surface area (TPSA) is 27.1 Å². The fourth-order valence-electron chi connectivity index (χ4n) is 2.97. The van der Waals surface area contributed by atoms with Crippen molar-refractivity contribution in [2.45, 2.75) is 6.18 Å². The van der Waals surface area contributed by atoms with Gasteiger partial charge in [-0.2, -0.15) is 13.2 Å². The average Bonchev–Trinajstić information content (AvgIpc) is 3.10. The second-order valence-corrected chi connectivity index (χ2v) is 5.57. The highest BCUT2D eigenvalue weighted by molar-refractivity contribution is 5.82. The molecule has 0 saturated heterocycles. The van der Waals surface area contributed by atoms with Gasteiger partial charge >= 0.3 is 6.18 Å². The van der Waals surface area contributed by atoms with E-state index >= 15 is 0 Å². The summed E-state index contributed by atoms with van der Waals surface area (Å²) < 4.78 is 47.3. The highest BCUT2D eigenvalue weighted by Crippen LogP contribution is 2.44. The molecule has 3 aromatic rings. The molecule has 0 bridgehead atoms. The number of ether oxygens (including phenoxy) is 1. The number of imidazole rings is 1. The number of nitrogens with zero attached hydrogens (tertiary/aromatic N) is 2. The summed E-state index contributed by atoms with van der Waals surface area (Å²) >= 11 is 0. The summed E-state index contributed by atoms with van der Waals surface area (Å²) in [6, 6.07) is 14.2. The molecule has 0 aliphatic carbocycles. The molecule has 0 atom stereocenters. The lowest BCUT2D eigenvalue weighted by Crippen LogP contribution is -2.17. The monoisotopic (exact) mass is 342 g/mol. The molecule has 0 unspecified atom stereocenters. The zero-order valence-electron chi connectivity index (χ0n) is 13.0. The molecular weight excluding hydrogens is 329 g/mol. The van der Waals surface area contributed by atoms with Crippen molar-refractivity contribution >= 4 is 5.57 Å². The lowest BCUT2D eigenvalue weighted by atomic mass is 9.98. The van der Waals surface area contributed by atoms with Crippen molar-refractivity contribution in [3.8, 4) is 22.8 Å². The fourth-order valence-corrected chi connectivity index (χ4v) is 2.97. The first-order valence-corrected chi connectivity index (χ1v) is 7.68. The second kappa shape index (κ2) is 5.81. The third-order valence-electron chi connectivity index (χ3n) is 4.04. The molecule has 6 heteroatoms. The quantitative estimate of drug-likeness (QED) is 0.664. The number of aromatic nitrogens is 2. The zero-order valence-corrected chi connectivity index (χ0v) is 13.0. The van der Waals surface area contributed by atoms with Gasteiger partial charge in [0.1, 0.15) is 18.2 Å². The number of benzene rings is 2. The number of para-hydroxylation sites is 2. The number of allylic oxidation sites excluding steroid dienone is 1. The molecular formula is C19H13F3N2O. The third kappa shape index (κ3) is 2.69. The van der Waals surface area contributed by atoms with Crippen molar-refractivity contribution in [1.82, 2.24) is 9.55 Å². The summed E-state index contributed by atoms with van der Waals surface area (Å²) in [4.78, 5) is 4.34. The Morgan fingerprint density at radius 3 is 2.48 bits per heavy atom. The van der Waals surface area contributed by atoms with Crippen LogP contribution >= 0.6 is 0 Å². The van der Waals surface area contributed by atoms with Gasteiger partial charge in [-0.3, -0.25) is 4.57 Å². The Hall–Kier alpha value is -3.02. The van der Waals surface area contributed by atoms with Crippen LogP contribution in [-0.2, 0) is 0 Å². The van der Waals surface area contributed by atoms with Gasteiger partial charge in [0.15, 0.2) is 0 Å². The van der Waals surface area contributed by atoms with Crippen LogP contribution in [0.1, 0.15) is 5.56 Å². The van der Waals surface area contributed by atoms with Crippen LogP contribution in [0.4, 0.5) is 13.2 Å². The standard InChI is InChI=1S/C19H13F3N2O/c20-19(21,22)16-9-12-25-17-14(16)7-4-8-15(17)18-23-10-11-24(18)13-5-2-1-3-6-13/h1-11H,12H2. The first-order chi connectivity index (χ1) is 12.1. The van der Waals surface area contributed by atoms with E-state index in [9.17, 15) is 13.2 Å². The number of halogens is 3. The van der Waals surface area contributed by atoms with E-state index in [1.54, 1.807) is 24.5 Å². The van der Waals surface area contributed by atoms with Crippen LogP contribution in [0.3, 0.4) is 0 Å². The molecule has 1 aromatic heterocycles. The fraction of sp³-hybridized carbons (Fsp3) is 0.105. The maximum Gasteiger partial charge on any atom is 0.416 e. The van der Waals surface area contributed by atoms with Crippen LogP contribution in [-0.4, -0.2) is 22.3 Å². The van der Waals surface area contributed by atoms with Crippen LogP contribution in [0.25, 0.3) is 22.6 Å². The molecule has 4 rings (SSSR count). The van der Waals surface area contributed by atoms with E-state index in [0.717, 1.165) is 11.8 Å². The summed E-state index contributed by atoms with van der Waals surface area (Å²) in [7, 11) is 0. The minimum atomic E-state index is -4.42. The van der Waals surface area contributed by atoms with Crippen LogP contribution in [0, 0.1) is 0 Å². The Kier molecular flexibility index (Phi) is 3.60. The molecule has 0 fully saturated rings. The third-order valence-corrected chi connectivity index (χ3v) is 4.04. The van der Waals surface area contributed by atoms with Crippen LogP contribution in [0.2, 0.25) is 0 Å². The number of hydrogen-bond donors (Lipinski definition) is 0. The Labute approximate surface area is 142 Å². The molecule has 0 radical (unpaired) electrons. The minimum absolute atomic E-state index is 0.0406. The van der Waals surface area contributed by atoms with Gasteiger partial charge in [0.25, 0.3) is 0 Å². The highest BCUT2D eigenvalue weighted by atomic mass is 19.4. The van der Waals surface area contributed by atoms with Gasteiger partial charge in [-0.05, 0) is 24.3 Å². The van der Waals surface area contributed by atoms with Crippen molar-refractivity contribution in [3.63, 3.8) is 0 Å². The predicted octanol–water partition coefficient (Wildman–Crippen LogP) is 4.88. The van der Waals surface area contributed by atoms with Crippen LogP contribution < -0.4 is 4.74 Å². The van der Waals surface area contributed by atoms with Gasteiger partial charge in [0.2, 0.25) is 0 Å². The molecule has 2 heterocycles. The highest BCUT2D eigenvalue weighted by Gasteiger charge is 2.38. The molecule has 1 aliphatic rings. The Balaban J connectivity index is 1.88. The van der Waals surface area contributed by atoms with Crippen molar-refractivity contribution in [2.75, 3.05) is 6.61 Å². The smallest absolute Gasteiger partial charge is 0.416 e. The van der Waals surface area contributed by atoms with E-state index in [0.29, 0.717) is 11.4 Å². The molecule has 0 amide bonds. The molecule has 2 aromatic carbocycles. The van der Waals surface area contributed by atoms with E-state index in [1.807, 2.05) is 34.9 Å². The number of alkyl halides is 3. The van der Waals surface area contributed by atoms with Gasteiger partial charge in [0, 0.05) is 23.6 Å². The van der Waals surface area contributed by atoms with Crippen molar-refractivity contribution in [1.29, 1.82) is 0 Å². The Bertz CT molecular complexity index is 943. The summed E-state index contributed by atoms with van der Waals surface area (Å²) in [6.45, 7) is -0.120. The molecule has 0 N–H and O–H groups in total. The van der Waals surface area contributed by atoms with E-state index in [2.05, 4.69) is 4.98 Å². The molecule has 1 aliphatic heterocycles. The largest absolute Gasteiger partial charge is 0.488 e. The average molecular weight is 342 g/mol. The van der Waals surface area contributed by atoms with Gasteiger partial charge in [-0.15, -0.1) is 0 Å². The van der Waals surface area contributed by atoms with Crippen molar-refractivity contribution < 1.29 is 17.9 Å². The van der Waals surface area contributed by atoms with E-state index in [1.165, 1.54) is 6.07 Å². The summed E-state index contributed by atoms with van der Waals surface area (Å²) in [5.74, 6) is 0.743. The maximum absolute atomic E-state index is 13.3. The van der Waals surface area contributed by atoms with E-state index < -0.39 is 11.7 Å². The molecule has 25 heavy (non-hydrogen) atoms. The molecule has 0 spiro atoms. The molecule has 0 saturated carbocycles. The van der Waals surface area contributed by atoms with Gasteiger partial charge in [0.05, 0.1) is 11.1 Å². The van der Waals surface area contributed by atoms with Gasteiger partial charge in [-0.1, -0.05) is 30.3 Å². The lowest BCUT2D eigenvalue weighted by Gasteiger charge is -2.23. The first-order valence-electron chi connectivity index (χ1n) is 7.68. The summed E-state index contributed by atoms with van der Waals surface area (Å²) in [5, 5.41) is 0. The SMILES string of the molecule is FC(F)(F)C1=CCOc2c1cccc2-c1nccn1-c1ccccc1. The van der Waals surface area contributed by atoms with Crippen LogP contribution in [0.5, 0.6) is 5.75 Å². The van der Waals surface area contributed by atoms with E-state index in [-0.39, 0.29) is 17.9 Å². The van der Waals surface area contributed by atoms with Crippen LogP contribution in [0.15, 0.2) is 67.0 Å².